The van der Waals surface area contributed by atoms with Crippen molar-refractivity contribution in [3.8, 4) is 0 Å². The third kappa shape index (κ3) is 4.87. The van der Waals surface area contributed by atoms with Crippen molar-refractivity contribution in [2.45, 2.75) is 38.8 Å². The lowest BCUT2D eigenvalue weighted by molar-refractivity contribution is 0.315. The fraction of sp³-hybridized carbons (Fsp3) is 0.632. The Labute approximate surface area is 150 Å². The molecule has 3 rings (SSSR count). The lowest BCUT2D eigenvalue weighted by atomic mass is 10.1. The number of benzene rings is 1. The first-order chi connectivity index (χ1) is 11.7. The highest BCUT2D eigenvalue weighted by Crippen LogP contribution is 2.31. The highest BCUT2D eigenvalue weighted by Gasteiger charge is 2.34. The largest absolute Gasteiger partial charge is 0.357 e. The molecule has 5 heteroatoms. The van der Waals surface area contributed by atoms with Crippen LogP contribution in [-0.2, 0) is 6.54 Å². The lowest BCUT2D eigenvalue weighted by Crippen LogP contribution is -2.39. The van der Waals surface area contributed by atoms with Crippen LogP contribution in [0.2, 0.25) is 5.02 Å². The van der Waals surface area contributed by atoms with Gasteiger partial charge in [0, 0.05) is 44.3 Å². The number of halogens is 1. The number of guanidine groups is 1. The average molecular weight is 349 g/mol. The van der Waals surface area contributed by atoms with Crippen molar-refractivity contribution in [3.63, 3.8) is 0 Å². The zero-order valence-electron chi connectivity index (χ0n) is 14.8. The Morgan fingerprint density at radius 1 is 1.38 bits per heavy atom. The number of nitrogens with zero attached hydrogens (tertiary/aromatic N) is 3. The predicted octanol–water partition coefficient (Wildman–Crippen LogP) is 3.22. The maximum atomic E-state index is 6.09. The van der Waals surface area contributed by atoms with E-state index >= 15 is 0 Å². The molecule has 2 aliphatic rings. The zero-order valence-corrected chi connectivity index (χ0v) is 15.6. The van der Waals surface area contributed by atoms with Crippen LogP contribution in [-0.4, -0.2) is 55.0 Å². The number of likely N-dealkylation sites (tertiary alicyclic amines) is 1. The van der Waals surface area contributed by atoms with Gasteiger partial charge in [0.25, 0.3) is 0 Å². The number of hydrogen-bond donors (Lipinski definition) is 1. The van der Waals surface area contributed by atoms with Crippen LogP contribution in [0, 0.1) is 5.92 Å². The molecule has 2 fully saturated rings. The molecule has 132 valence electrons. The minimum Gasteiger partial charge on any atom is -0.357 e. The predicted molar refractivity (Wildman–Crippen MR) is 102 cm³/mol. The fourth-order valence-electron chi connectivity index (χ4n) is 3.45. The van der Waals surface area contributed by atoms with E-state index in [-0.39, 0.29) is 0 Å². The standard InChI is InChI=1S/C19H29ClN4/c1-3-21-19(23(2)13-15-5-4-6-17(20)11-15)22-12-16-9-10-24(14-16)18-7-8-18/h4-6,11,16,18H,3,7-10,12-14H2,1-2H3,(H,21,22). The Morgan fingerprint density at radius 3 is 2.92 bits per heavy atom. The van der Waals surface area contributed by atoms with Crippen LogP contribution in [0.4, 0.5) is 0 Å². The molecule has 0 amide bonds. The van der Waals surface area contributed by atoms with Gasteiger partial charge < -0.3 is 15.1 Å². The molecule has 1 aromatic carbocycles. The minimum absolute atomic E-state index is 0.707. The van der Waals surface area contributed by atoms with Crippen molar-refractivity contribution in [1.29, 1.82) is 0 Å². The Morgan fingerprint density at radius 2 is 2.21 bits per heavy atom. The summed E-state index contributed by atoms with van der Waals surface area (Å²) in [5.41, 5.74) is 1.20. The molecule has 1 aliphatic carbocycles. The number of nitrogens with one attached hydrogen (secondary N) is 1. The van der Waals surface area contributed by atoms with Gasteiger partial charge in [-0.05, 0) is 56.3 Å². The summed E-state index contributed by atoms with van der Waals surface area (Å²) in [6, 6.07) is 8.93. The van der Waals surface area contributed by atoms with E-state index in [0.29, 0.717) is 5.92 Å². The second-order valence-electron chi connectivity index (χ2n) is 7.06. The van der Waals surface area contributed by atoms with Gasteiger partial charge in [0.15, 0.2) is 5.96 Å². The van der Waals surface area contributed by atoms with Crippen molar-refractivity contribution >= 4 is 17.6 Å². The van der Waals surface area contributed by atoms with Gasteiger partial charge >= 0.3 is 0 Å². The van der Waals surface area contributed by atoms with Gasteiger partial charge in [-0.15, -0.1) is 0 Å². The van der Waals surface area contributed by atoms with Crippen LogP contribution in [0.3, 0.4) is 0 Å². The van der Waals surface area contributed by atoms with Crippen molar-refractivity contribution in [2.24, 2.45) is 10.9 Å². The molecule has 0 aromatic heterocycles. The molecule has 1 atom stereocenters. The summed E-state index contributed by atoms with van der Waals surface area (Å²) in [7, 11) is 2.09. The van der Waals surface area contributed by atoms with Gasteiger partial charge in [-0.1, -0.05) is 23.7 Å². The Hall–Kier alpha value is -1.26. The molecular formula is C19H29ClN4. The van der Waals surface area contributed by atoms with Gasteiger partial charge in [0.1, 0.15) is 0 Å². The van der Waals surface area contributed by atoms with Gasteiger partial charge in [-0.3, -0.25) is 4.99 Å². The maximum Gasteiger partial charge on any atom is 0.193 e. The van der Waals surface area contributed by atoms with Crippen LogP contribution < -0.4 is 5.32 Å². The minimum atomic E-state index is 0.707. The second kappa shape index (κ2) is 8.21. The van der Waals surface area contributed by atoms with Crippen molar-refractivity contribution in [2.75, 3.05) is 33.2 Å². The Balaban J connectivity index is 1.56. The van der Waals surface area contributed by atoms with Crippen molar-refractivity contribution in [1.82, 2.24) is 15.1 Å². The van der Waals surface area contributed by atoms with Crippen molar-refractivity contribution < 1.29 is 0 Å². The van der Waals surface area contributed by atoms with E-state index < -0.39 is 0 Å². The van der Waals surface area contributed by atoms with E-state index in [2.05, 4.69) is 35.2 Å². The van der Waals surface area contributed by atoms with Gasteiger partial charge in [-0.25, -0.2) is 0 Å². The molecule has 1 saturated heterocycles. The molecule has 24 heavy (non-hydrogen) atoms. The number of rotatable bonds is 6. The molecule has 0 bridgehead atoms. The van der Waals surface area contributed by atoms with E-state index in [1.54, 1.807) is 0 Å². The highest BCUT2D eigenvalue weighted by molar-refractivity contribution is 6.30. The molecule has 1 unspecified atom stereocenters. The third-order valence-corrected chi connectivity index (χ3v) is 5.12. The quantitative estimate of drug-likeness (QED) is 0.632. The maximum absolute atomic E-state index is 6.09. The van der Waals surface area contributed by atoms with Crippen LogP contribution in [0.5, 0.6) is 0 Å². The van der Waals surface area contributed by atoms with E-state index in [0.717, 1.165) is 36.7 Å². The normalized spacial score (nSPS) is 22.0. The summed E-state index contributed by atoms with van der Waals surface area (Å²) in [4.78, 5) is 9.74. The summed E-state index contributed by atoms with van der Waals surface area (Å²) in [6.45, 7) is 7.23. The first kappa shape index (κ1) is 17.6. The van der Waals surface area contributed by atoms with Crippen LogP contribution >= 0.6 is 11.6 Å². The zero-order chi connectivity index (χ0) is 16.9. The van der Waals surface area contributed by atoms with E-state index in [9.17, 15) is 0 Å². The Bertz CT molecular complexity index is 570. The first-order valence-corrected chi connectivity index (χ1v) is 9.51. The first-order valence-electron chi connectivity index (χ1n) is 9.13. The summed E-state index contributed by atoms with van der Waals surface area (Å²) in [5, 5.41) is 4.20. The summed E-state index contributed by atoms with van der Waals surface area (Å²) < 4.78 is 0. The molecule has 1 N–H and O–H groups in total. The smallest absolute Gasteiger partial charge is 0.193 e. The number of hydrogen-bond acceptors (Lipinski definition) is 2. The lowest BCUT2D eigenvalue weighted by Gasteiger charge is -2.23. The molecule has 1 saturated carbocycles. The van der Waals surface area contributed by atoms with E-state index in [1.165, 1.54) is 37.9 Å². The molecule has 1 aliphatic heterocycles. The third-order valence-electron chi connectivity index (χ3n) is 4.89. The summed E-state index contributed by atoms with van der Waals surface area (Å²) >= 11 is 6.09. The summed E-state index contributed by atoms with van der Waals surface area (Å²) in [6.07, 6.45) is 4.10. The average Bonchev–Trinajstić information content (AvgIpc) is 3.30. The molecule has 0 radical (unpaired) electrons. The van der Waals surface area contributed by atoms with Crippen LogP contribution in [0.25, 0.3) is 0 Å². The molecular weight excluding hydrogens is 320 g/mol. The number of aliphatic imine (C=N–C) groups is 1. The van der Waals surface area contributed by atoms with Gasteiger partial charge in [0.05, 0.1) is 0 Å². The fourth-order valence-corrected chi connectivity index (χ4v) is 3.67. The Kier molecular flexibility index (Phi) is 6.01. The second-order valence-corrected chi connectivity index (χ2v) is 7.50. The van der Waals surface area contributed by atoms with Crippen LogP contribution in [0.15, 0.2) is 29.3 Å². The topological polar surface area (TPSA) is 30.9 Å². The van der Waals surface area contributed by atoms with E-state index in [1.807, 2.05) is 18.2 Å². The monoisotopic (exact) mass is 348 g/mol. The highest BCUT2D eigenvalue weighted by atomic mass is 35.5. The van der Waals surface area contributed by atoms with Gasteiger partial charge in [0.2, 0.25) is 0 Å². The molecule has 1 aromatic rings. The van der Waals surface area contributed by atoms with Crippen LogP contribution in [0.1, 0.15) is 31.7 Å². The molecule has 1 heterocycles. The SMILES string of the molecule is CCNC(=NCC1CCN(C2CC2)C1)N(C)Cc1cccc(Cl)c1. The van der Waals surface area contributed by atoms with E-state index in [4.69, 9.17) is 16.6 Å². The molecule has 4 nitrogen and oxygen atoms in total. The summed E-state index contributed by atoms with van der Waals surface area (Å²) in [5.74, 6) is 1.70. The van der Waals surface area contributed by atoms with Crippen molar-refractivity contribution in [3.05, 3.63) is 34.9 Å². The van der Waals surface area contributed by atoms with Gasteiger partial charge in [-0.2, -0.15) is 0 Å². The molecule has 0 spiro atoms.